The summed E-state index contributed by atoms with van der Waals surface area (Å²) >= 11 is 0. The van der Waals surface area contributed by atoms with Crippen molar-refractivity contribution in [2.75, 3.05) is 11.5 Å². The molecule has 1 heterocycles. The molecule has 11 heavy (non-hydrogen) atoms. The van der Waals surface area contributed by atoms with Gasteiger partial charge in [0.1, 0.15) is 16.8 Å². The maximum absolute atomic E-state index is 2.40. The van der Waals surface area contributed by atoms with Crippen LogP contribution < -0.4 is 0 Å². The molecule has 62 valence electrons. The molecule has 1 saturated heterocycles. The third kappa shape index (κ3) is 1.81. The molecule has 2 rings (SSSR count). The van der Waals surface area contributed by atoms with Crippen LogP contribution in [0.25, 0.3) is 0 Å². The first-order valence-corrected chi connectivity index (χ1v) is 6.41. The Labute approximate surface area is 72.4 Å². The fraction of sp³-hybridized carbons (Fsp3) is 0.800. The Morgan fingerprint density at radius 3 is 2.55 bits per heavy atom. The Balaban J connectivity index is 1.88. The van der Waals surface area contributed by atoms with E-state index in [-0.39, 0.29) is 0 Å². The maximum Gasteiger partial charge on any atom is 0.122 e. The summed E-state index contributed by atoms with van der Waals surface area (Å²) in [4.78, 5) is 0. The van der Waals surface area contributed by atoms with E-state index in [0.717, 1.165) is 16.1 Å². The fourth-order valence-corrected chi connectivity index (χ4v) is 4.95. The summed E-state index contributed by atoms with van der Waals surface area (Å²) in [6, 6.07) is 0. The highest BCUT2D eigenvalue weighted by Crippen LogP contribution is 2.26. The molecule has 0 saturated carbocycles. The van der Waals surface area contributed by atoms with Gasteiger partial charge < -0.3 is 0 Å². The van der Waals surface area contributed by atoms with Gasteiger partial charge in [-0.3, -0.25) is 0 Å². The lowest BCUT2D eigenvalue weighted by molar-refractivity contribution is 0.742. The summed E-state index contributed by atoms with van der Waals surface area (Å²) in [7, 11) is 0.835. The van der Waals surface area contributed by atoms with Gasteiger partial charge in [0.15, 0.2) is 0 Å². The minimum atomic E-state index is 0.835. The second-order valence-electron chi connectivity index (χ2n) is 3.56. The molecule has 1 atom stereocenters. The first kappa shape index (κ1) is 7.72. The Kier molecular flexibility index (Phi) is 2.57. The first-order chi connectivity index (χ1) is 5.47. The number of allylic oxidation sites excluding steroid dienone is 2. The minimum absolute atomic E-state index is 0.835. The van der Waals surface area contributed by atoms with E-state index in [4.69, 9.17) is 0 Å². The summed E-state index contributed by atoms with van der Waals surface area (Å²) < 4.78 is 0. The van der Waals surface area contributed by atoms with Gasteiger partial charge in [-0.25, -0.2) is 0 Å². The minimum Gasteiger partial charge on any atom is -0.0882 e. The summed E-state index contributed by atoms with van der Waals surface area (Å²) in [6.45, 7) is 0. The van der Waals surface area contributed by atoms with Crippen molar-refractivity contribution in [1.82, 2.24) is 0 Å². The van der Waals surface area contributed by atoms with E-state index in [1.807, 2.05) is 0 Å². The standard InChI is InChI=1S/C10H17S/c1-2-6-10(7-3-1)11-8-4-5-9-11/h1-2,10H,3-9H2/q+1. The Morgan fingerprint density at radius 2 is 1.91 bits per heavy atom. The van der Waals surface area contributed by atoms with Crippen LogP contribution in [0.2, 0.25) is 0 Å². The molecule has 1 aliphatic heterocycles. The smallest absolute Gasteiger partial charge is 0.0882 e. The molecule has 1 heteroatoms. The normalized spacial score (nSPS) is 32.9. The zero-order valence-electron chi connectivity index (χ0n) is 7.09. The van der Waals surface area contributed by atoms with Crippen LogP contribution in [-0.2, 0) is 10.9 Å². The molecule has 1 fully saturated rings. The van der Waals surface area contributed by atoms with Crippen LogP contribution in [0.15, 0.2) is 12.2 Å². The summed E-state index contributed by atoms with van der Waals surface area (Å²) in [5, 5.41) is 1.09. The lowest BCUT2D eigenvalue weighted by Gasteiger charge is -2.16. The lowest BCUT2D eigenvalue weighted by Crippen LogP contribution is -2.23. The molecule has 0 aromatic heterocycles. The molecular formula is C10H17S+. The zero-order chi connectivity index (χ0) is 7.52. The van der Waals surface area contributed by atoms with Crippen LogP contribution in [0.1, 0.15) is 32.1 Å². The van der Waals surface area contributed by atoms with Crippen molar-refractivity contribution < 1.29 is 0 Å². The lowest BCUT2D eigenvalue weighted by atomic mass is 10.1. The van der Waals surface area contributed by atoms with E-state index >= 15 is 0 Å². The van der Waals surface area contributed by atoms with Crippen LogP contribution in [0.4, 0.5) is 0 Å². The van der Waals surface area contributed by atoms with Crippen LogP contribution in [0.3, 0.4) is 0 Å². The average Bonchev–Trinajstić information content (AvgIpc) is 2.58. The van der Waals surface area contributed by atoms with E-state index in [1.54, 1.807) is 11.5 Å². The molecule has 0 nitrogen and oxygen atoms in total. The van der Waals surface area contributed by atoms with Gasteiger partial charge in [-0.05, 0) is 36.6 Å². The van der Waals surface area contributed by atoms with E-state index in [1.165, 1.54) is 32.1 Å². The molecule has 0 aromatic rings. The van der Waals surface area contributed by atoms with Crippen molar-refractivity contribution in [3.8, 4) is 0 Å². The van der Waals surface area contributed by atoms with Crippen LogP contribution >= 0.6 is 0 Å². The van der Waals surface area contributed by atoms with Crippen molar-refractivity contribution in [2.45, 2.75) is 37.4 Å². The Hall–Kier alpha value is 0.0900. The molecule has 1 unspecified atom stereocenters. The van der Waals surface area contributed by atoms with E-state index in [9.17, 15) is 0 Å². The van der Waals surface area contributed by atoms with E-state index in [0.29, 0.717) is 0 Å². The summed E-state index contributed by atoms with van der Waals surface area (Å²) in [6.07, 6.45) is 12.0. The fourth-order valence-electron chi connectivity index (χ4n) is 2.08. The monoisotopic (exact) mass is 169 g/mol. The highest BCUT2D eigenvalue weighted by molar-refractivity contribution is 7.97. The molecular weight excluding hydrogens is 152 g/mol. The quantitative estimate of drug-likeness (QED) is 0.418. The van der Waals surface area contributed by atoms with Crippen molar-refractivity contribution in [2.24, 2.45) is 0 Å². The van der Waals surface area contributed by atoms with E-state index < -0.39 is 0 Å². The molecule has 0 bridgehead atoms. The van der Waals surface area contributed by atoms with Gasteiger partial charge >= 0.3 is 0 Å². The predicted molar refractivity (Wildman–Crippen MR) is 53.1 cm³/mol. The average molecular weight is 169 g/mol. The van der Waals surface area contributed by atoms with Crippen molar-refractivity contribution in [3.05, 3.63) is 12.2 Å². The van der Waals surface area contributed by atoms with Crippen molar-refractivity contribution in [3.63, 3.8) is 0 Å². The van der Waals surface area contributed by atoms with Gasteiger partial charge in [0, 0.05) is 6.42 Å². The first-order valence-electron chi connectivity index (χ1n) is 4.78. The second-order valence-corrected chi connectivity index (χ2v) is 6.12. The molecule has 0 radical (unpaired) electrons. The maximum atomic E-state index is 2.40. The highest BCUT2D eigenvalue weighted by atomic mass is 32.2. The van der Waals surface area contributed by atoms with Crippen LogP contribution in [-0.4, -0.2) is 16.8 Å². The summed E-state index contributed by atoms with van der Waals surface area (Å²) in [5.41, 5.74) is 0. The molecule has 0 amide bonds. The third-order valence-electron chi connectivity index (χ3n) is 2.76. The van der Waals surface area contributed by atoms with Crippen LogP contribution in [0.5, 0.6) is 0 Å². The largest absolute Gasteiger partial charge is 0.122 e. The number of hydrogen-bond acceptors (Lipinski definition) is 0. The van der Waals surface area contributed by atoms with Gasteiger partial charge in [-0.2, -0.15) is 0 Å². The van der Waals surface area contributed by atoms with Gasteiger partial charge in [0.25, 0.3) is 0 Å². The van der Waals surface area contributed by atoms with Crippen molar-refractivity contribution in [1.29, 1.82) is 0 Å². The zero-order valence-corrected chi connectivity index (χ0v) is 7.91. The summed E-state index contributed by atoms with van der Waals surface area (Å²) in [5.74, 6) is 3.11. The van der Waals surface area contributed by atoms with Gasteiger partial charge in [-0.1, -0.05) is 12.2 Å². The molecule has 1 aliphatic carbocycles. The molecule has 0 aromatic carbocycles. The van der Waals surface area contributed by atoms with Gasteiger partial charge in [0.2, 0.25) is 0 Å². The topological polar surface area (TPSA) is 0 Å². The highest BCUT2D eigenvalue weighted by Gasteiger charge is 2.32. The van der Waals surface area contributed by atoms with Gasteiger partial charge in [-0.15, -0.1) is 0 Å². The second kappa shape index (κ2) is 3.66. The van der Waals surface area contributed by atoms with E-state index in [2.05, 4.69) is 12.2 Å². The molecule has 2 aliphatic rings. The third-order valence-corrected chi connectivity index (χ3v) is 5.75. The van der Waals surface area contributed by atoms with Crippen molar-refractivity contribution >= 4 is 10.9 Å². The Morgan fingerprint density at radius 1 is 1.09 bits per heavy atom. The Bertz CT molecular complexity index is 145. The predicted octanol–water partition coefficient (Wildman–Crippen LogP) is 2.51. The number of rotatable bonds is 1. The van der Waals surface area contributed by atoms with Gasteiger partial charge in [0.05, 0.1) is 0 Å². The molecule has 0 spiro atoms. The van der Waals surface area contributed by atoms with Crippen LogP contribution in [0, 0.1) is 0 Å². The SMILES string of the molecule is C1=CCC([S+]2CCCC2)CC1. The number of hydrogen-bond donors (Lipinski definition) is 0. The molecule has 0 N–H and O–H groups in total.